The monoisotopic (exact) mass is 325 g/mol. The average molecular weight is 326 g/mol. The van der Waals surface area contributed by atoms with E-state index in [2.05, 4.69) is 16.3 Å². The van der Waals surface area contributed by atoms with E-state index in [1.165, 1.54) is 0 Å². The normalized spacial score (nSPS) is 10.3. The summed E-state index contributed by atoms with van der Waals surface area (Å²) < 4.78 is 7.05. The third-order valence-corrected chi connectivity index (χ3v) is 3.39. The fourth-order valence-corrected chi connectivity index (χ4v) is 2.22. The molecule has 3 rings (SSSR count). The van der Waals surface area contributed by atoms with E-state index >= 15 is 0 Å². The quantitative estimate of drug-likeness (QED) is 0.750. The van der Waals surface area contributed by atoms with Crippen molar-refractivity contribution in [3.05, 3.63) is 59.4 Å². The second-order valence-electron chi connectivity index (χ2n) is 4.67. The van der Waals surface area contributed by atoms with Crippen LogP contribution < -0.4 is 5.32 Å². The number of terminal acetylenes is 1. The van der Waals surface area contributed by atoms with Crippen molar-refractivity contribution in [3.63, 3.8) is 0 Å². The number of hydrogen-bond acceptors (Lipinski definition) is 3. The van der Waals surface area contributed by atoms with Crippen molar-refractivity contribution in [2.75, 3.05) is 6.54 Å². The maximum atomic E-state index is 12.1. The highest BCUT2D eigenvalue weighted by Crippen LogP contribution is 2.25. The number of halogens is 1. The molecule has 2 heterocycles. The summed E-state index contributed by atoms with van der Waals surface area (Å²) in [5, 5.41) is 7.56. The minimum absolute atomic E-state index is 0.142. The molecule has 0 aliphatic rings. The summed E-state index contributed by atoms with van der Waals surface area (Å²) >= 11 is 5.92. The highest BCUT2D eigenvalue weighted by Gasteiger charge is 2.17. The molecule has 2 aromatic heterocycles. The summed E-state index contributed by atoms with van der Waals surface area (Å²) in [5.74, 6) is 2.61. The molecule has 5 nitrogen and oxygen atoms in total. The summed E-state index contributed by atoms with van der Waals surface area (Å²) in [5.41, 5.74) is 1.67. The first kappa shape index (κ1) is 14.9. The van der Waals surface area contributed by atoms with E-state index in [0.717, 1.165) is 5.69 Å². The van der Waals surface area contributed by atoms with Gasteiger partial charge in [0.05, 0.1) is 18.5 Å². The van der Waals surface area contributed by atoms with Gasteiger partial charge in [0.2, 0.25) is 0 Å². The molecule has 0 fully saturated rings. The molecule has 1 amide bonds. The molecule has 0 unspecified atom stereocenters. The first-order chi connectivity index (χ1) is 11.2. The van der Waals surface area contributed by atoms with Crippen LogP contribution in [-0.2, 0) is 0 Å². The zero-order valence-electron chi connectivity index (χ0n) is 12.0. The third kappa shape index (κ3) is 3.12. The van der Waals surface area contributed by atoms with Gasteiger partial charge in [-0.05, 0) is 36.4 Å². The van der Waals surface area contributed by atoms with Gasteiger partial charge in [-0.3, -0.25) is 4.79 Å². The molecule has 23 heavy (non-hydrogen) atoms. The standard InChI is InChI=1S/C17H12ClN3O2/c1-2-9-19-17(22)14-11-15(16-4-3-10-23-16)21(20-14)13-7-5-12(18)6-8-13/h1,3-8,10-11H,9H2,(H,19,22). The van der Waals surface area contributed by atoms with Gasteiger partial charge in [0, 0.05) is 11.1 Å². The number of hydrogen-bond donors (Lipinski definition) is 1. The first-order valence-electron chi connectivity index (χ1n) is 6.80. The van der Waals surface area contributed by atoms with E-state index in [9.17, 15) is 4.79 Å². The van der Waals surface area contributed by atoms with Crippen molar-refractivity contribution < 1.29 is 9.21 Å². The van der Waals surface area contributed by atoms with E-state index in [-0.39, 0.29) is 18.1 Å². The van der Waals surface area contributed by atoms with Gasteiger partial charge in [0.25, 0.3) is 5.91 Å². The zero-order chi connectivity index (χ0) is 16.2. The number of aromatic nitrogens is 2. The average Bonchev–Trinajstić information content (AvgIpc) is 3.22. The second-order valence-corrected chi connectivity index (χ2v) is 5.10. The van der Waals surface area contributed by atoms with Gasteiger partial charge in [0.1, 0.15) is 5.69 Å². The number of benzene rings is 1. The molecule has 6 heteroatoms. The molecule has 0 radical (unpaired) electrons. The maximum absolute atomic E-state index is 12.1. The number of rotatable bonds is 4. The Morgan fingerprint density at radius 1 is 1.35 bits per heavy atom. The molecule has 1 N–H and O–H groups in total. The Hall–Kier alpha value is -2.97. The van der Waals surface area contributed by atoms with E-state index in [1.54, 1.807) is 41.3 Å². The Labute approximate surface area is 137 Å². The van der Waals surface area contributed by atoms with Crippen LogP contribution in [0.2, 0.25) is 5.02 Å². The Bertz CT molecular complexity index is 858. The van der Waals surface area contributed by atoms with Crippen LogP contribution in [0.4, 0.5) is 0 Å². The van der Waals surface area contributed by atoms with Crippen molar-refractivity contribution in [2.24, 2.45) is 0 Å². The summed E-state index contributed by atoms with van der Waals surface area (Å²) in [6.07, 6.45) is 6.72. The molecule has 3 aromatic rings. The number of carbonyl (C=O) groups excluding carboxylic acids is 1. The number of amides is 1. The lowest BCUT2D eigenvalue weighted by Crippen LogP contribution is -2.24. The zero-order valence-corrected chi connectivity index (χ0v) is 12.7. The van der Waals surface area contributed by atoms with Crippen LogP contribution >= 0.6 is 11.6 Å². The van der Waals surface area contributed by atoms with Gasteiger partial charge >= 0.3 is 0 Å². The van der Waals surface area contributed by atoms with Gasteiger partial charge in [-0.1, -0.05) is 17.5 Å². The largest absolute Gasteiger partial charge is 0.463 e. The summed E-state index contributed by atoms with van der Waals surface area (Å²) in [7, 11) is 0. The molecular formula is C17H12ClN3O2. The van der Waals surface area contributed by atoms with E-state index in [1.807, 2.05) is 12.1 Å². The number of furan rings is 1. The van der Waals surface area contributed by atoms with Gasteiger partial charge in [-0.25, -0.2) is 4.68 Å². The Morgan fingerprint density at radius 2 is 2.13 bits per heavy atom. The fraction of sp³-hybridized carbons (Fsp3) is 0.0588. The molecule has 1 aromatic carbocycles. The molecule has 0 saturated carbocycles. The SMILES string of the molecule is C#CCNC(=O)c1cc(-c2ccco2)n(-c2ccc(Cl)cc2)n1. The van der Waals surface area contributed by atoms with Crippen molar-refractivity contribution >= 4 is 17.5 Å². The van der Waals surface area contributed by atoms with E-state index in [0.29, 0.717) is 16.5 Å². The van der Waals surface area contributed by atoms with Crippen LogP contribution in [0.5, 0.6) is 0 Å². The van der Waals surface area contributed by atoms with Gasteiger partial charge in [-0.15, -0.1) is 6.42 Å². The van der Waals surface area contributed by atoms with E-state index in [4.69, 9.17) is 22.4 Å². The van der Waals surface area contributed by atoms with Gasteiger partial charge < -0.3 is 9.73 Å². The predicted molar refractivity (Wildman–Crippen MR) is 87.4 cm³/mol. The van der Waals surface area contributed by atoms with Crippen molar-refractivity contribution in [1.82, 2.24) is 15.1 Å². The molecular weight excluding hydrogens is 314 g/mol. The van der Waals surface area contributed by atoms with E-state index < -0.39 is 0 Å². The Balaban J connectivity index is 2.06. The highest BCUT2D eigenvalue weighted by atomic mass is 35.5. The highest BCUT2D eigenvalue weighted by molar-refractivity contribution is 6.30. The number of nitrogens with one attached hydrogen (secondary N) is 1. The summed E-state index contributed by atoms with van der Waals surface area (Å²) in [6, 6.07) is 12.3. The molecule has 0 saturated heterocycles. The first-order valence-corrected chi connectivity index (χ1v) is 7.18. The molecule has 0 aliphatic heterocycles. The number of nitrogens with zero attached hydrogens (tertiary/aromatic N) is 2. The minimum atomic E-state index is -0.344. The van der Waals surface area contributed by atoms with Crippen LogP contribution in [0.25, 0.3) is 17.1 Å². The van der Waals surface area contributed by atoms with Crippen LogP contribution in [0.15, 0.2) is 53.1 Å². The lowest BCUT2D eigenvalue weighted by atomic mass is 10.2. The number of carbonyl (C=O) groups is 1. The lowest BCUT2D eigenvalue weighted by molar-refractivity contribution is 0.0953. The smallest absolute Gasteiger partial charge is 0.272 e. The molecule has 0 spiro atoms. The van der Waals surface area contributed by atoms with Gasteiger partial charge in [0.15, 0.2) is 11.5 Å². The van der Waals surface area contributed by atoms with Crippen molar-refractivity contribution in [2.45, 2.75) is 0 Å². The topological polar surface area (TPSA) is 60.1 Å². The molecule has 0 bridgehead atoms. The van der Waals surface area contributed by atoms with Gasteiger partial charge in [-0.2, -0.15) is 5.10 Å². The van der Waals surface area contributed by atoms with Crippen LogP contribution in [0.3, 0.4) is 0 Å². The van der Waals surface area contributed by atoms with Crippen LogP contribution in [0, 0.1) is 12.3 Å². The molecule has 0 atom stereocenters. The fourth-order valence-electron chi connectivity index (χ4n) is 2.09. The molecule has 114 valence electrons. The predicted octanol–water partition coefficient (Wildman–Crippen LogP) is 3.15. The Kier molecular flexibility index (Phi) is 4.18. The van der Waals surface area contributed by atoms with Crippen LogP contribution in [-0.4, -0.2) is 22.2 Å². The van der Waals surface area contributed by atoms with Crippen LogP contribution in [0.1, 0.15) is 10.5 Å². The third-order valence-electron chi connectivity index (χ3n) is 3.14. The van der Waals surface area contributed by atoms with Crippen molar-refractivity contribution in [3.8, 4) is 29.5 Å². The molecule has 0 aliphatic carbocycles. The Morgan fingerprint density at radius 3 is 2.78 bits per heavy atom. The lowest BCUT2D eigenvalue weighted by Gasteiger charge is -2.05. The summed E-state index contributed by atoms with van der Waals surface area (Å²) in [6.45, 7) is 0.142. The minimum Gasteiger partial charge on any atom is -0.463 e. The second kappa shape index (κ2) is 6.42. The summed E-state index contributed by atoms with van der Waals surface area (Å²) in [4.78, 5) is 12.1. The maximum Gasteiger partial charge on any atom is 0.272 e. The van der Waals surface area contributed by atoms with Crippen molar-refractivity contribution in [1.29, 1.82) is 0 Å².